The lowest BCUT2D eigenvalue weighted by atomic mass is 9.76. The van der Waals surface area contributed by atoms with Crippen molar-refractivity contribution in [3.63, 3.8) is 0 Å². The third kappa shape index (κ3) is 3.37. The van der Waals surface area contributed by atoms with Gasteiger partial charge in [0.1, 0.15) is 0 Å². The van der Waals surface area contributed by atoms with Gasteiger partial charge in [0.15, 0.2) is 5.69 Å². The molecule has 7 heteroatoms. The number of aromatic amines is 1. The van der Waals surface area contributed by atoms with Crippen LogP contribution in [0.3, 0.4) is 0 Å². The van der Waals surface area contributed by atoms with Crippen molar-refractivity contribution in [2.45, 2.75) is 39.7 Å². The van der Waals surface area contributed by atoms with E-state index in [1.165, 1.54) is 0 Å². The molecule has 3 aromatic rings. The van der Waals surface area contributed by atoms with E-state index in [9.17, 15) is 4.79 Å². The highest BCUT2D eigenvalue weighted by atomic mass is 16.2. The quantitative estimate of drug-likeness (QED) is 0.757. The van der Waals surface area contributed by atoms with Gasteiger partial charge < -0.3 is 5.32 Å². The fourth-order valence-corrected chi connectivity index (χ4v) is 3.42. The van der Waals surface area contributed by atoms with Crippen LogP contribution in [0.2, 0.25) is 0 Å². The van der Waals surface area contributed by atoms with E-state index < -0.39 is 0 Å². The summed E-state index contributed by atoms with van der Waals surface area (Å²) in [5.41, 5.74) is 4.64. The normalized spacial score (nSPS) is 15.5. The van der Waals surface area contributed by atoms with E-state index in [0.717, 1.165) is 36.1 Å². The summed E-state index contributed by atoms with van der Waals surface area (Å²) >= 11 is 0. The van der Waals surface area contributed by atoms with Crippen LogP contribution in [0.15, 0.2) is 36.9 Å². The predicted octanol–water partition coefficient (Wildman–Crippen LogP) is 2.82. The number of anilines is 1. The summed E-state index contributed by atoms with van der Waals surface area (Å²) < 4.78 is 1.79. The molecule has 4 rings (SSSR count). The summed E-state index contributed by atoms with van der Waals surface area (Å²) in [6.45, 7) is 5.12. The van der Waals surface area contributed by atoms with E-state index >= 15 is 0 Å². The van der Waals surface area contributed by atoms with Crippen LogP contribution >= 0.6 is 0 Å². The topological polar surface area (TPSA) is 88.5 Å². The van der Waals surface area contributed by atoms with Gasteiger partial charge in [-0.25, -0.2) is 0 Å². The van der Waals surface area contributed by atoms with Crippen LogP contribution in [-0.4, -0.2) is 30.9 Å². The van der Waals surface area contributed by atoms with E-state index in [4.69, 9.17) is 0 Å². The molecule has 0 aromatic carbocycles. The van der Waals surface area contributed by atoms with Crippen LogP contribution in [0.1, 0.15) is 47.6 Å². The van der Waals surface area contributed by atoms with Crippen LogP contribution in [0.25, 0.3) is 0 Å². The molecule has 0 spiro atoms. The van der Waals surface area contributed by atoms with Crippen molar-refractivity contribution in [3.05, 3.63) is 59.4 Å². The van der Waals surface area contributed by atoms with Crippen LogP contribution in [0.4, 0.5) is 5.69 Å². The Hall–Kier alpha value is -2.96. The maximum Gasteiger partial charge on any atom is 0.276 e. The lowest BCUT2D eigenvalue weighted by Crippen LogP contribution is -2.23. The fourth-order valence-electron chi connectivity index (χ4n) is 3.42. The molecule has 0 bridgehead atoms. The third-order valence-corrected chi connectivity index (χ3v) is 4.86. The number of H-pyrrole nitrogens is 1. The predicted molar refractivity (Wildman–Crippen MR) is 97.9 cm³/mol. The average Bonchev–Trinajstić information content (AvgIpc) is 3.21. The highest BCUT2D eigenvalue weighted by Gasteiger charge is 2.30. The number of amides is 1. The van der Waals surface area contributed by atoms with E-state index in [1.54, 1.807) is 23.3 Å². The Morgan fingerprint density at radius 2 is 2.15 bits per heavy atom. The molecule has 1 aliphatic rings. The molecule has 0 unspecified atom stereocenters. The summed E-state index contributed by atoms with van der Waals surface area (Å²) in [6.07, 6.45) is 9.84. The van der Waals surface area contributed by atoms with Gasteiger partial charge >= 0.3 is 0 Å². The van der Waals surface area contributed by atoms with Crippen molar-refractivity contribution in [1.29, 1.82) is 0 Å². The van der Waals surface area contributed by atoms with Crippen LogP contribution in [0, 0.1) is 5.41 Å². The first-order valence-corrected chi connectivity index (χ1v) is 8.79. The molecule has 134 valence electrons. The lowest BCUT2D eigenvalue weighted by molar-refractivity contribution is 0.102. The Morgan fingerprint density at radius 3 is 2.96 bits per heavy atom. The molecule has 0 saturated heterocycles. The van der Waals surface area contributed by atoms with Crippen molar-refractivity contribution >= 4 is 11.6 Å². The van der Waals surface area contributed by atoms with E-state index in [-0.39, 0.29) is 11.3 Å². The summed E-state index contributed by atoms with van der Waals surface area (Å²) in [5, 5.41) is 14.5. The Balaban J connectivity index is 1.46. The molecular formula is C19H22N6O. The molecule has 26 heavy (non-hydrogen) atoms. The van der Waals surface area contributed by atoms with Crippen molar-refractivity contribution in [2.75, 3.05) is 5.32 Å². The molecular weight excluding hydrogens is 328 g/mol. The number of carbonyl (C=O) groups is 1. The molecule has 0 fully saturated rings. The van der Waals surface area contributed by atoms with Crippen LogP contribution in [0.5, 0.6) is 0 Å². The van der Waals surface area contributed by atoms with Gasteiger partial charge in [0.2, 0.25) is 0 Å². The van der Waals surface area contributed by atoms with E-state index in [0.29, 0.717) is 17.9 Å². The summed E-state index contributed by atoms with van der Waals surface area (Å²) in [4.78, 5) is 16.6. The number of rotatable bonds is 4. The average molecular weight is 350 g/mol. The van der Waals surface area contributed by atoms with Gasteiger partial charge in [0.05, 0.1) is 18.4 Å². The number of fused-ring (bicyclic) bond motifs is 1. The molecule has 1 aliphatic carbocycles. The number of aromatic nitrogens is 5. The van der Waals surface area contributed by atoms with Gasteiger partial charge in [0.25, 0.3) is 5.91 Å². The molecule has 7 nitrogen and oxygen atoms in total. The standard InChI is InChI=1S/C19H22N6O/c1-19(2)6-3-15-16(9-19)23-24-17(15)18(26)22-14-10-21-25(12-14)11-13-4-7-20-8-5-13/h4-5,7-8,10,12H,3,6,9,11H2,1-2H3,(H,22,26)(H,23,24). The Morgan fingerprint density at radius 1 is 1.35 bits per heavy atom. The zero-order valence-corrected chi connectivity index (χ0v) is 15.0. The van der Waals surface area contributed by atoms with Gasteiger partial charge in [0, 0.05) is 29.8 Å². The number of nitrogens with one attached hydrogen (secondary N) is 2. The summed E-state index contributed by atoms with van der Waals surface area (Å²) in [7, 11) is 0. The zero-order chi connectivity index (χ0) is 18.1. The summed E-state index contributed by atoms with van der Waals surface area (Å²) in [5.74, 6) is -0.189. The second kappa shape index (κ2) is 6.40. The lowest BCUT2D eigenvalue weighted by Gasteiger charge is -2.28. The Bertz CT molecular complexity index is 925. The Labute approximate surface area is 151 Å². The minimum atomic E-state index is -0.189. The number of hydrogen-bond acceptors (Lipinski definition) is 4. The molecule has 2 N–H and O–H groups in total. The molecule has 0 radical (unpaired) electrons. The van der Waals surface area contributed by atoms with Gasteiger partial charge in [-0.05, 0) is 42.4 Å². The Kier molecular flexibility index (Phi) is 4.06. The van der Waals surface area contributed by atoms with E-state index in [1.807, 2.05) is 18.3 Å². The maximum atomic E-state index is 12.6. The smallest absolute Gasteiger partial charge is 0.276 e. The van der Waals surface area contributed by atoms with Crippen molar-refractivity contribution in [2.24, 2.45) is 5.41 Å². The maximum absolute atomic E-state index is 12.6. The highest BCUT2D eigenvalue weighted by Crippen LogP contribution is 2.35. The van der Waals surface area contributed by atoms with Gasteiger partial charge in [-0.3, -0.25) is 19.6 Å². The SMILES string of the molecule is CC1(C)CCc2c(C(=O)Nc3cnn(Cc4ccncc4)c3)n[nH]c2C1. The van der Waals surface area contributed by atoms with Crippen LogP contribution in [-0.2, 0) is 19.4 Å². The van der Waals surface area contributed by atoms with Crippen LogP contribution < -0.4 is 5.32 Å². The largest absolute Gasteiger partial charge is 0.318 e. The molecule has 3 aromatic heterocycles. The van der Waals surface area contributed by atoms with Gasteiger partial charge in [-0.2, -0.15) is 10.2 Å². The minimum Gasteiger partial charge on any atom is -0.318 e. The van der Waals surface area contributed by atoms with Crippen molar-refractivity contribution in [1.82, 2.24) is 25.0 Å². The second-order valence-electron chi connectivity index (χ2n) is 7.61. The van der Waals surface area contributed by atoms with E-state index in [2.05, 4.69) is 39.4 Å². The van der Waals surface area contributed by atoms with Crippen molar-refractivity contribution in [3.8, 4) is 0 Å². The highest BCUT2D eigenvalue weighted by molar-refractivity contribution is 6.03. The van der Waals surface area contributed by atoms with Gasteiger partial charge in [-0.1, -0.05) is 13.8 Å². The number of hydrogen-bond donors (Lipinski definition) is 2. The molecule has 3 heterocycles. The zero-order valence-electron chi connectivity index (χ0n) is 15.0. The van der Waals surface area contributed by atoms with Gasteiger partial charge in [-0.15, -0.1) is 0 Å². The second-order valence-corrected chi connectivity index (χ2v) is 7.61. The first-order chi connectivity index (χ1) is 12.5. The minimum absolute atomic E-state index is 0.189. The summed E-state index contributed by atoms with van der Waals surface area (Å²) in [6, 6.07) is 3.88. The number of pyridine rings is 1. The monoisotopic (exact) mass is 350 g/mol. The number of nitrogens with zero attached hydrogens (tertiary/aromatic N) is 4. The molecule has 1 amide bonds. The fraction of sp³-hybridized carbons (Fsp3) is 0.368. The first kappa shape index (κ1) is 16.5. The molecule has 0 saturated carbocycles. The molecule has 0 atom stereocenters. The first-order valence-electron chi connectivity index (χ1n) is 8.79. The molecule has 0 aliphatic heterocycles. The third-order valence-electron chi connectivity index (χ3n) is 4.86. The number of carbonyl (C=O) groups excluding carboxylic acids is 1. The van der Waals surface area contributed by atoms with Crippen molar-refractivity contribution < 1.29 is 4.79 Å².